The van der Waals surface area contributed by atoms with Gasteiger partial charge in [-0.15, -0.1) is 11.3 Å². The van der Waals surface area contributed by atoms with Crippen molar-refractivity contribution in [2.24, 2.45) is 0 Å². The summed E-state index contributed by atoms with van der Waals surface area (Å²) in [7, 11) is 0. The molecule has 0 saturated carbocycles. The van der Waals surface area contributed by atoms with Crippen molar-refractivity contribution in [3.63, 3.8) is 0 Å². The van der Waals surface area contributed by atoms with Gasteiger partial charge < -0.3 is 9.15 Å². The number of hydrogen-bond acceptors (Lipinski definition) is 5. The van der Waals surface area contributed by atoms with Gasteiger partial charge in [0.1, 0.15) is 12.2 Å². The maximum absolute atomic E-state index is 11.8. The lowest BCUT2D eigenvalue weighted by Crippen LogP contribution is -2.05. The van der Waals surface area contributed by atoms with Crippen LogP contribution in [-0.2, 0) is 16.1 Å². The average molecular weight is 302 g/mol. The van der Waals surface area contributed by atoms with Gasteiger partial charge in [0.05, 0.1) is 0 Å². The molecule has 1 aromatic carbocycles. The molecule has 0 aliphatic carbocycles. The van der Waals surface area contributed by atoms with Crippen LogP contribution in [0.3, 0.4) is 0 Å². The molecule has 0 unspecified atom stereocenters. The molecular formula is C16H14O4S. The molecule has 0 saturated heterocycles. The first-order valence-corrected chi connectivity index (χ1v) is 7.43. The standard InChI is InChI=1S/C16H14O4S/c1-8-4-12-11(6-19-10(3)17)5-13(18)20-15(12)14-9(2)7-21-16(8)14/h4-5,7H,6H2,1-3H3. The van der Waals surface area contributed by atoms with E-state index in [2.05, 4.69) is 5.38 Å². The summed E-state index contributed by atoms with van der Waals surface area (Å²) in [6, 6.07) is 3.37. The lowest BCUT2D eigenvalue weighted by Gasteiger charge is -2.08. The minimum absolute atomic E-state index is 0.0750. The molecule has 4 nitrogen and oxygen atoms in total. The highest BCUT2D eigenvalue weighted by atomic mass is 32.1. The first-order valence-electron chi connectivity index (χ1n) is 6.55. The van der Waals surface area contributed by atoms with Gasteiger partial charge in [-0.25, -0.2) is 4.79 Å². The molecule has 2 aromatic heterocycles. The quantitative estimate of drug-likeness (QED) is 0.535. The summed E-state index contributed by atoms with van der Waals surface area (Å²) in [6.45, 7) is 5.44. The number of hydrogen-bond donors (Lipinski definition) is 0. The number of carbonyl (C=O) groups excluding carboxylic acids is 1. The van der Waals surface area contributed by atoms with E-state index in [4.69, 9.17) is 9.15 Å². The van der Waals surface area contributed by atoms with Crippen LogP contribution < -0.4 is 5.63 Å². The van der Waals surface area contributed by atoms with Crippen LogP contribution in [0, 0.1) is 13.8 Å². The fraction of sp³-hybridized carbons (Fsp3) is 0.250. The van der Waals surface area contributed by atoms with Gasteiger partial charge in [-0.05, 0) is 36.4 Å². The lowest BCUT2D eigenvalue weighted by molar-refractivity contribution is -0.142. The minimum Gasteiger partial charge on any atom is -0.461 e. The Bertz CT molecular complexity index is 917. The Morgan fingerprint density at radius 3 is 2.76 bits per heavy atom. The number of benzene rings is 1. The molecule has 0 amide bonds. The highest BCUT2D eigenvalue weighted by Crippen LogP contribution is 2.35. The van der Waals surface area contributed by atoms with E-state index in [9.17, 15) is 9.59 Å². The predicted octanol–water partition coefficient (Wildman–Crippen LogP) is 3.69. The molecule has 0 aliphatic rings. The second-order valence-corrected chi connectivity index (χ2v) is 5.94. The summed E-state index contributed by atoms with van der Waals surface area (Å²) in [6.07, 6.45) is 0. The monoisotopic (exact) mass is 302 g/mol. The maximum atomic E-state index is 11.8. The number of carbonyl (C=O) groups is 1. The molecule has 0 aliphatic heterocycles. The van der Waals surface area contributed by atoms with Crippen molar-refractivity contribution in [2.45, 2.75) is 27.4 Å². The Morgan fingerprint density at radius 1 is 1.29 bits per heavy atom. The van der Waals surface area contributed by atoms with Gasteiger partial charge in [0.2, 0.25) is 0 Å². The molecule has 0 bridgehead atoms. The van der Waals surface area contributed by atoms with Crippen LogP contribution in [0.15, 0.2) is 26.7 Å². The zero-order chi connectivity index (χ0) is 15.1. The van der Waals surface area contributed by atoms with Crippen LogP contribution in [-0.4, -0.2) is 5.97 Å². The molecule has 0 N–H and O–H groups in total. The van der Waals surface area contributed by atoms with Crippen molar-refractivity contribution in [1.82, 2.24) is 0 Å². The summed E-state index contributed by atoms with van der Waals surface area (Å²) in [5.41, 5.74) is 3.02. The number of thiophene rings is 1. The number of esters is 1. The van der Waals surface area contributed by atoms with Crippen LogP contribution in [0.5, 0.6) is 0 Å². The van der Waals surface area contributed by atoms with E-state index in [1.807, 2.05) is 19.9 Å². The molecule has 0 fully saturated rings. The molecular weight excluding hydrogens is 288 g/mol. The third-order valence-corrected chi connectivity index (χ3v) is 4.67. The van der Waals surface area contributed by atoms with Gasteiger partial charge in [-0.3, -0.25) is 4.79 Å². The summed E-state index contributed by atoms with van der Waals surface area (Å²) in [4.78, 5) is 22.8. The van der Waals surface area contributed by atoms with Crippen LogP contribution in [0.4, 0.5) is 0 Å². The van der Waals surface area contributed by atoms with Crippen molar-refractivity contribution in [2.75, 3.05) is 0 Å². The maximum Gasteiger partial charge on any atom is 0.336 e. The topological polar surface area (TPSA) is 56.5 Å². The third-order valence-electron chi connectivity index (χ3n) is 3.44. The Labute approximate surface area is 125 Å². The van der Waals surface area contributed by atoms with E-state index in [1.165, 1.54) is 13.0 Å². The van der Waals surface area contributed by atoms with E-state index in [-0.39, 0.29) is 12.6 Å². The minimum atomic E-state index is -0.430. The second kappa shape index (κ2) is 5.00. The Hall–Kier alpha value is -2.14. The predicted molar refractivity (Wildman–Crippen MR) is 82.8 cm³/mol. The molecule has 0 radical (unpaired) electrons. The second-order valence-electron chi connectivity index (χ2n) is 5.06. The van der Waals surface area contributed by atoms with Crippen LogP contribution in [0.1, 0.15) is 23.6 Å². The van der Waals surface area contributed by atoms with Gasteiger partial charge in [0.25, 0.3) is 0 Å². The molecule has 0 atom stereocenters. The SMILES string of the molecule is CC(=O)OCc1cc(=O)oc2c1cc(C)c1scc(C)c12. The van der Waals surface area contributed by atoms with Gasteiger partial charge in [0, 0.05) is 34.0 Å². The van der Waals surface area contributed by atoms with Crippen molar-refractivity contribution < 1.29 is 13.9 Å². The van der Waals surface area contributed by atoms with Crippen LogP contribution >= 0.6 is 11.3 Å². The normalized spacial score (nSPS) is 11.2. The van der Waals surface area contributed by atoms with E-state index in [1.54, 1.807) is 11.3 Å². The number of fused-ring (bicyclic) bond motifs is 3. The molecule has 108 valence electrons. The zero-order valence-corrected chi connectivity index (χ0v) is 12.8. The number of rotatable bonds is 2. The zero-order valence-electron chi connectivity index (χ0n) is 12.0. The van der Waals surface area contributed by atoms with Crippen LogP contribution in [0.25, 0.3) is 21.1 Å². The highest BCUT2D eigenvalue weighted by Gasteiger charge is 2.15. The summed E-state index contributed by atoms with van der Waals surface area (Å²) < 4.78 is 11.6. The first-order chi connectivity index (χ1) is 9.97. The summed E-state index contributed by atoms with van der Waals surface area (Å²) in [5.74, 6) is -0.374. The Morgan fingerprint density at radius 2 is 2.05 bits per heavy atom. The van der Waals surface area contributed by atoms with Crippen molar-refractivity contribution in [3.05, 3.63) is 44.6 Å². The molecule has 21 heavy (non-hydrogen) atoms. The summed E-state index contributed by atoms with van der Waals surface area (Å²) >= 11 is 1.64. The van der Waals surface area contributed by atoms with E-state index < -0.39 is 5.63 Å². The smallest absolute Gasteiger partial charge is 0.336 e. The lowest BCUT2D eigenvalue weighted by atomic mass is 10.0. The highest BCUT2D eigenvalue weighted by molar-refractivity contribution is 7.17. The fourth-order valence-corrected chi connectivity index (χ4v) is 3.52. The molecule has 5 heteroatoms. The fourth-order valence-electron chi connectivity index (χ4n) is 2.49. The van der Waals surface area contributed by atoms with Gasteiger partial charge in [0.15, 0.2) is 0 Å². The largest absolute Gasteiger partial charge is 0.461 e. The summed E-state index contributed by atoms with van der Waals surface area (Å²) in [5, 5.41) is 3.84. The number of ether oxygens (including phenoxy) is 1. The number of aryl methyl sites for hydroxylation is 2. The van der Waals surface area contributed by atoms with E-state index in [0.29, 0.717) is 11.1 Å². The first kappa shape index (κ1) is 13.8. The Balaban J connectivity index is 2.37. The van der Waals surface area contributed by atoms with Crippen molar-refractivity contribution >= 4 is 38.4 Å². The molecule has 3 aromatic rings. The third kappa shape index (κ3) is 2.34. The van der Waals surface area contributed by atoms with Crippen LogP contribution in [0.2, 0.25) is 0 Å². The van der Waals surface area contributed by atoms with E-state index in [0.717, 1.165) is 26.6 Å². The molecule has 0 spiro atoms. The Kier molecular flexibility index (Phi) is 3.29. The van der Waals surface area contributed by atoms with E-state index >= 15 is 0 Å². The molecule has 2 heterocycles. The average Bonchev–Trinajstić information content (AvgIpc) is 2.80. The van der Waals surface area contributed by atoms with Gasteiger partial charge in [-0.1, -0.05) is 0 Å². The van der Waals surface area contributed by atoms with Crippen molar-refractivity contribution in [3.8, 4) is 0 Å². The van der Waals surface area contributed by atoms with Gasteiger partial charge >= 0.3 is 11.6 Å². The van der Waals surface area contributed by atoms with Crippen molar-refractivity contribution in [1.29, 1.82) is 0 Å². The van der Waals surface area contributed by atoms with Gasteiger partial charge in [-0.2, -0.15) is 0 Å². The molecule has 3 rings (SSSR count).